The van der Waals surface area contributed by atoms with Gasteiger partial charge < -0.3 is 4.74 Å². The van der Waals surface area contributed by atoms with Gasteiger partial charge in [-0.1, -0.05) is 20.3 Å². The van der Waals surface area contributed by atoms with E-state index in [1.807, 2.05) is 0 Å². The minimum atomic E-state index is 0.397. The number of hydrogen-bond donors (Lipinski definition) is 1. The smallest absolute Gasteiger partial charge is 0.139 e. The van der Waals surface area contributed by atoms with Gasteiger partial charge in [0.1, 0.15) is 7.85 Å². The van der Waals surface area contributed by atoms with Crippen LogP contribution in [0.1, 0.15) is 20.3 Å². The molecule has 0 aliphatic carbocycles. The summed E-state index contributed by atoms with van der Waals surface area (Å²) in [6.45, 7) is 4.52. The van der Waals surface area contributed by atoms with Gasteiger partial charge in [0, 0.05) is 11.8 Å². The third kappa shape index (κ3) is 1.75. The number of rotatable bonds is 2. The van der Waals surface area contributed by atoms with Gasteiger partial charge in [-0.3, -0.25) is 0 Å². The molecule has 0 amide bonds. The van der Waals surface area contributed by atoms with Crippen molar-refractivity contribution in [2.24, 2.45) is 11.8 Å². The molecule has 1 aliphatic rings. The summed E-state index contributed by atoms with van der Waals surface area (Å²) in [5.41, 5.74) is 0. The summed E-state index contributed by atoms with van der Waals surface area (Å²) in [7, 11) is 2.16. The fraction of sp³-hybridized carbons (Fsp3) is 1.00. The molecule has 1 fully saturated rings. The quantitative estimate of drug-likeness (QED) is 0.481. The summed E-state index contributed by atoms with van der Waals surface area (Å²) in [4.78, 5) is 0. The van der Waals surface area contributed by atoms with Crippen LogP contribution in [0.3, 0.4) is 0 Å². The normalized spacial score (nSPS) is 44.6. The van der Waals surface area contributed by atoms with Gasteiger partial charge in [-0.2, -0.15) is 12.6 Å². The first-order valence-electron chi connectivity index (χ1n) is 4.47. The topological polar surface area (TPSA) is 9.23 Å². The first-order chi connectivity index (χ1) is 5.20. The Hall–Kier alpha value is 0.375. The third-order valence-corrected chi connectivity index (χ3v) is 3.29. The van der Waals surface area contributed by atoms with Crippen molar-refractivity contribution in [1.29, 1.82) is 0 Å². The van der Waals surface area contributed by atoms with Gasteiger partial charge >= 0.3 is 0 Å². The Balaban J connectivity index is 2.57. The Bertz CT molecular complexity index is 131. The lowest BCUT2D eigenvalue weighted by Gasteiger charge is -2.16. The average molecular weight is 172 g/mol. The first-order valence-corrected chi connectivity index (χ1v) is 5.10. The predicted molar refractivity (Wildman–Crippen MR) is 54.0 cm³/mol. The van der Waals surface area contributed by atoms with Gasteiger partial charge in [0.25, 0.3) is 0 Å². The van der Waals surface area contributed by atoms with E-state index in [0.29, 0.717) is 18.0 Å². The number of thiol groups is 1. The molecule has 1 nitrogen and oxygen atoms in total. The summed E-state index contributed by atoms with van der Waals surface area (Å²) >= 11 is 4.29. The Kier molecular flexibility index (Phi) is 3.32. The van der Waals surface area contributed by atoms with Gasteiger partial charge in [-0.25, -0.2) is 0 Å². The average Bonchev–Trinajstić information content (AvgIpc) is 2.28. The third-order valence-electron chi connectivity index (χ3n) is 2.93. The highest BCUT2D eigenvalue weighted by atomic mass is 32.1. The van der Waals surface area contributed by atoms with Crippen molar-refractivity contribution >= 4 is 20.5 Å². The Morgan fingerprint density at radius 1 is 1.55 bits per heavy atom. The minimum Gasteiger partial charge on any atom is -0.383 e. The molecule has 3 heteroatoms. The highest BCUT2D eigenvalue weighted by Crippen LogP contribution is 2.33. The molecule has 0 spiro atoms. The van der Waals surface area contributed by atoms with Crippen molar-refractivity contribution in [3.63, 3.8) is 0 Å². The van der Waals surface area contributed by atoms with Crippen LogP contribution in [0.15, 0.2) is 0 Å². The number of hydrogen-bond acceptors (Lipinski definition) is 2. The fourth-order valence-electron chi connectivity index (χ4n) is 2.00. The molecule has 1 rings (SSSR count). The second-order valence-corrected chi connectivity index (χ2v) is 3.86. The minimum absolute atomic E-state index is 0.397. The first kappa shape index (κ1) is 9.46. The van der Waals surface area contributed by atoms with E-state index >= 15 is 0 Å². The molecular formula is C8H17BOS. The van der Waals surface area contributed by atoms with Crippen molar-refractivity contribution in [2.45, 2.75) is 32.4 Å². The van der Waals surface area contributed by atoms with E-state index in [9.17, 15) is 0 Å². The fourth-order valence-corrected chi connectivity index (χ4v) is 2.36. The summed E-state index contributed by atoms with van der Waals surface area (Å²) in [6, 6.07) is 0.428. The van der Waals surface area contributed by atoms with E-state index in [0.717, 1.165) is 11.7 Å². The SMILES string of the molecule is BC1OC(CS)C(CC)C1C. The molecule has 0 radical (unpaired) electrons. The molecule has 0 N–H and O–H groups in total. The second kappa shape index (κ2) is 3.86. The van der Waals surface area contributed by atoms with Crippen LogP contribution in [-0.4, -0.2) is 25.7 Å². The van der Waals surface area contributed by atoms with Crippen LogP contribution in [0.4, 0.5) is 0 Å². The Morgan fingerprint density at radius 3 is 2.55 bits per heavy atom. The Labute approximate surface area is 75.7 Å². The molecule has 1 saturated heterocycles. The van der Waals surface area contributed by atoms with Crippen molar-refractivity contribution < 1.29 is 4.74 Å². The summed E-state index contributed by atoms with van der Waals surface area (Å²) in [5, 5.41) is 0. The zero-order chi connectivity index (χ0) is 8.43. The van der Waals surface area contributed by atoms with Crippen LogP contribution in [0.5, 0.6) is 0 Å². The van der Waals surface area contributed by atoms with Crippen molar-refractivity contribution in [2.75, 3.05) is 5.75 Å². The maximum Gasteiger partial charge on any atom is 0.139 e. The highest BCUT2D eigenvalue weighted by Gasteiger charge is 2.36. The maximum atomic E-state index is 5.75. The van der Waals surface area contributed by atoms with E-state index in [2.05, 4.69) is 34.3 Å². The molecule has 64 valence electrons. The lowest BCUT2D eigenvalue weighted by molar-refractivity contribution is 0.0863. The van der Waals surface area contributed by atoms with Gasteiger partial charge in [0.05, 0.1) is 6.10 Å². The standard InChI is InChI=1S/C8H17BOS/c1-3-6-5(2)8(9)10-7(6)4-11/h5-8,11H,3-4,9H2,1-2H3. The Morgan fingerprint density at radius 2 is 2.18 bits per heavy atom. The molecule has 0 aromatic heterocycles. The van der Waals surface area contributed by atoms with Gasteiger partial charge in [-0.05, 0) is 11.8 Å². The van der Waals surface area contributed by atoms with E-state index in [1.54, 1.807) is 0 Å². The van der Waals surface area contributed by atoms with E-state index in [4.69, 9.17) is 4.74 Å². The molecule has 1 aliphatic heterocycles. The van der Waals surface area contributed by atoms with Crippen molar-refractivity contribution in [1.82, 2.24) is 0 Å². The van der Waals surface area contributed by atoms with Crippen LogP contribution < -0.4 is 0 Å². The summed E-state index contributed by atoms with van der Waals surface area (Å²) < 4.78 is 5.75. The zero-order valence-electron chi connectivity index (χ0n) is 7.58. The lowest BCUT2D eigenvalue weighted by Crippen LogP contribution is -2.20. The molecule has 4 unspecified atom stereocenters. The summed E-state index contributed by atoms with van der Waals surface area (Å²) in [6.07, 6.45) is 1.62. The van der Waals surface area contributed by atoms with Crippen LogP contribution in [0.2, 0.25) is 0 Å². The molecule has 0 aromatic rings. The molecule has 11 heavy (non-hydrogen) atoms. The largest absolute Gasteiger partial charge is 0.383 e. The van der Waals surface area contributed by atoms with Gasteiger partial charge in [0.2, 0.25) is 0 Å². The van der Waals surface area contributed by atoms with E-state index in [-0.39, 0.29) is 0 Å². The van der Waals surface area contributed by atoms with Gasteiger partial charge in [-0.15, -0.1) is 0 Å². The highest BCUT2D eigenvalue weighted by molar-refractivity contribution is 7.80. The van der Waals surface area contributed by atoms with Crippen LogP contribution in [0, 0.1) is 11.8 Å². The van der Waals surface area contributed by atoms with Crippen LogP contribution >= 0.6 is 12.6 Å². The monoisotopic (exact) mass is 172 g/mol. The maximum absolute atomic E-state index is 5.75. The molecule has 4 atom stereocenters. The van der Waals surface area contributed by atoms with Crippen molar-refractivity contribution in [3.05, 3.63) is 0 Å². The molecule has 1 heterocycles. The number of ether oxygens (including phenoxy) is 1. The summed E-state index contributed by atoms with van der Waals surface area (Å²) in [5.74, 6) is 2.30. The molecule has 0 saturated carbocycles. The molecular weight excluding hydrogens is 155 g/mol. The second-order valence-electron chi connectivity index (χ2n) is 3.49. The predicted octanol–water partition coefficient (Wildman–Crippen LogP) is 0.936. The van der Waals surface area contributed by atoms with Crippen LogP contribution in [-0.2, 0) is 4.74 Å². The van der Waals surface area contributed by atoms with E-state index < -0.39 is 0 Å². The van der Waals surface area contributed by atoms with E-state index in [1.165, 1.54) is 6.42 Å². The molecule has 0 aromatic carbocycles. The lowest BCUT2D eigenvalue weighted by atomic mass is 9.80. The zero-order valence-corrected chi connectivity index (χ0v) is 8.47. The van der Waals surface area contributed by atoms with Crippen LogP contribution in [0.25, 0.3) is 0 Å². The molecule has 0 bridgehead atoms. The van der Waals surface area contributed by atoms with Gasteiger partial charge in [0.15, 0.2) is 0 Å². The van der Waals surface area contributed by atoms with Crippen molar-refractivity contribution in [3.8, 4) is 0 Å².